The summed E-state index contributed by atoms with van der Waals surface area (Å²) in [6, 6.07) is 13.9. The number of para-hydroxylation sites is 1. The lowest BCUT2D eigenvalue weighted by atomic mass is 9.78. The molecule has 0 saturated carbocycles. The topological polar surface area (TPSA) is 62.3 Å². The van der Waals surface area contributed by atoms with Crippen LogP contribution in [0.3, 0.4) is 0 Å². The molecule has 2 amide bonds. The Labute approximate surface area is 145 Å². The molecule has 3 aromatic rings. The third-order valence-electron chi connectivity index (χ3n) is 5.06. The van der Waals surface area contributed by atoms with Gasteiger partial charge in [-0.1, -0.05) is 30.3 Å². The highest BCUT2D eigenvalue weighted by molar-refractivity contribution is 6.19. The van der Waals surface area contributed by atoms with Crippen LogP contribution in [0, 0.1) is 0 Å². The average Bonchev–Trinajstić information content (AvgIpc) is 2.62. The Morgan fingerprint density at radius 3 is 2.64 bits per heavy atom. The van der Waals surface area contributed by atoms with E-state index < -0.39 is 5.41 Å². The summed E-state index contributed by atoms with van der Waals surface area (Å²) in [6.45, 7) is 3.53. The van der Waals surface area contributed by atoms with Gasteiger partial charge < -0.3 is 10.2 Å². The summed E-state index contributed by atoms with van der Waals surface area (Å²) in [6.07, 6.45) is 0. The molecule has 0 bridgehead atoms. The highest BCUT2D eigenvalue weighted by atomic mass is 16.2. The van der Waals surface area contributed by atoms with Crippen molar-refractivity contribution in [1.82, 2.24) is 10.3 Å². The summed E-state index contributed by atoms with van der Waals surface area (Å²) < 4.78 is 0. The molecule has 0 aliphatic carbocycles. The van der Waals surface area contributed by atoms with Crippen LogP contribution in [0.1, 0.15) is 19.5 Å². The Kier molecular flexibility index (Phi) is 3.29. The van der Waals surface area contributed by atoms with Gasteiger partial charge in [-0.15, -0.1) is 0 Å². The van der Waals surface area contributed by atoms with Crippen LogP contribution in [0.4, 0.5) is 5.69 Å². The Morgan fingerprint density at radius 2 is 1.88 bits per heavy atom. The zero-order valence-corrected chi connectivity index (χ0v) is 14.5. The molecule has 4 rings (SSSR count). The lowest BCUT2D eigenvalue weighted by molar-refractivity contribution is -0.124. The van der Waals surface area contributed by atoms with Crippen LogP contribution in [0.5, 0.6) is 0 Å². The van der Waals surface area contributed by atoms with Crippen molar-refractivity contribution in [3.05, 3.63) is 48.2 Å². The summed E-state index contributed by atoms with van der Waals surface area (Å²) in [7, 11) is 1.78. The van der Waals surface area contributed by atoms with Crippen LogP contribution in [-0.2, 0) is 15.0 Å². The summed E-state index contributed by atoms with van der Waals surface area (Å²) in [4.78, 5) is 31.1. The minimum absolute atomic E-state index is 0.0657. The van der Waals surface area contributed by atoms with E-state index in [9.17, 15) is 9.59 Å². The first-order valence-corrected chi connectivity index (χ1v) is 8.28. The van der Waals surface area contributed by atoms with Crippen molar-refractivity contribution in [1.29, 1.82) is 0 Å². The number of anilines is 1. The Bertz CT molecular complexity index is 1040. The van der Waals surface area contributed by atoms with E-state index in [0.29, 0.717) is 0 Å². The summed E-state index contributed by atoms with van der Waals surface area (Å²) >= 11 is 0. The lowest BCUT2D eigenvalue weighted by Gasteiger charge is -2.38. The number of hydrogen-bond donors (Lipinski definition) is 1. The van der Waals surface area contributed by atoms with E-state index in [1.807, 2.05) is 43.3 Å². The average molecular weight is 333 g/mol. The van der Waals surface area contributed by atoms with Crippen molar-refractivity contribution in [3.8, 4) is 0 Å². The fraction of sp³-hybridized carbons (Fsp3) is 0.250. The van der Waals surface area contributed by atoms with E-state index in [1.54, 1.807) is 11.9 Å². The predicted molar refractivity (Wildman–Crippen MR) is 98.7 cm³/mol. The quantitative estimate of drug-likeness (QED) is 0.734. The molecule has 1 aliphatic rings. The molecule has 5 heteroatoms. The van der Waals surface area contributed by atoms with Crippen LogP contribution in [-0.4, -0.2) is 30.4 Å². The van der Waals surface area contributed by atoms with Crippen molar-refractivity contribution in [3.63, 3.8) is 0 Å². The maximum atomic E-state index is 13.1. The minimum atomic E-state index is -0.906. The number of aromatic nitrogens is 1. The summed E-state index contributed by atoms with van der Waals surface area (Å²) in [5.41, 5.74) is 1.54. The summed E-state index contributed by atoms with van der Waals surface area (Å²) in [5.74, 6) is -0.225. The van der Waals surface area contributed by atoms with E-state index in [0.717, 1.165) is 33.1 Å². The Hall–Kier alpha value is -2.95. The number of pyridine rings is 1. The zero-order valence-electron chi connectivity index (χ0n) is 14.5. The number of carbonyl (C=O) groups excluding carboxylic acids is 2. The third-order valence-corrected chi connectivity index (χ3v) is 5.06. The van der Waals surface area contributed by atoms with Gasteiger partial charge in [-0.25, -0.2) is 0 Å². The molecule has 2 heterocycles. The smallest absolute Gasteiger partial charge is 0.240 e. The molecule has 2 aromatic carbocycles. The van der Waals surface area contributed by atoms with Gasteiger partial charge in [0.15, 0.2) is 0 Å². The fourth-order valence-corrected chi connectivity index (χ4v) is 3.71. The summed E-state index contributed by atoms with van der Waals surface area (Å²) in [5, 5.41) is 5.92. The number of benzene rings is 2. The van der Waals surface area contributed by atoms with Crippen LogP contribution in [0.15, 0.2) is 42.5 Å². The molecule has 1 aliphatic heterocycles. The normalized spacial score (nSPS) is 19.5. The SMILES string of the molecule is CC(=O)NCC1(C)C(=O)N(C)c2cccc3c2c1nc1ccccc13. The molecular weight excluding hydrogens is 314 g/mol. The molecule has 1 unspecified atom stereocenters. The van der Waals surface area contributed by atoms with Crippen LogP contribution >= 0.6 is 0 Å². The van der Waals surface area contributed by atoms with Gasteiger partial charge >= 0.3 is 0 Å². The molecule has 25 heavy (non-hydrogen) atoms. The van der Waals surface area contributed by atoms with Gasteiger partial charge in [0.2, 0.25) is 11.8 Å². The molecule has 5 nitrogen and oxygen atoms in total. The van der Waals surface area contributed by atoms with E-state index in [1.165, 1.54) is 6.92 Å². The number of nitrogens with zero attached hydrogens (tertiary/aromatic N) is 2. The second kappa shape index (κ2) is 5.28. The molecule has 1 N–H and O–H groups in total. The number of hydrogen-bond acceptors (Lipinski definition) is 3. The number of nitrogens with one attached hydrogen (secondary N) is 1. The molecule has 1 aromatic heterocycles. The Morgan fingerprint density at radius 1 is 1.16 bits per heavy atom. The van der Waals surface area contributed by atoms with Gasteiger partial charge in [-0.05, 0) is 24.4 Å². The first-order chi connectivity index (χ1) is 11.9. The van der Waals surface area contributed by atoms with Crippen molar-refractivity contribution in [2.45, 2.75) is 19.3 Å². The van der Waals surface area contributed by atoms with E-state index in [2.05, 4.69) is 11.4 Å². The molecule has 126 valence electrons. The Balaban J connectivity index is 2.11. The number of likely N-dealkylation sites (N-methyl/N-ethyl adjacent to an activating group) is 1. The maximum absolute atomic E-state index is 13.1. The number of rotatable bonds is 2. The van der Waals surface area contributed by atoms with E-state index in [4.69, 9.17) is 4.98 Å². The second-order valence-corrected chi connectivity index (χ2v) is 6.78. The van der Waals surface area contributed by atoms with Crippen molar-refractivity contribution in [2.75, 3.05) is 18.5 Å². The number of carbonyl (C=O) groups is 2. The van der Waals surface area contributed by atoms with Crippen molar-refractivity contribution < 1.29 is 9.59 Å². The highest BCUT2D eigenvalue weighted by Crippen LogP contribution is 2.43. The van der Waals surface area contributed by atoms with Gasteiger partial charge in [0, 0.05) is 31.3 Å². The van der Waals surface area contributed by atoms with Gasteiger partial charge in [-0.3, -0.25) is 14.6 Å². The lowest BCUT2D eigenvalue weighted by Crippen LogP contribution is -2.53. The number of amides is 2. The van der Waals surface area contributed by atoms with E-state index >= 15 is 0 Å². The second-order valence-electron chi connectivity index (χ2n) is 6.78. The molecule has 0 radical (unpaired) electrons. The molecule has 1 atom stereocenters. The fourth-order valence-electron chi connectivity index (χ4n) is 3.71. The van der Waals surface area contributed by atoms with Crippen LogP contribution in [0.2, 0.25) is 0 Å². The largest absolute Gasteiger partial charge is 0.355 e. The highest BCUT2D eigenvalue weighted by Gasteiger charge is 2.45. The molecular formula is C20H19N3O2. The molecule has 0 saturated heterocycles. The van der Waals surface area contributed by atoms with Gasteiger partial charge in [0.25, 0.3) is 0 Å². The predicted octanol–water partition coefficient (Wildman–Crippen LogP) is 2.76. The zero-order chi connectivity index (χ0) is 17.8. The maximum Gasteiger partial charge on any atom is 0.240 e. The minimum Gasteiger partial charge on any atom is -0.355 e. The first-order valence-electron chi connectivity index (χ1n) is 8.28. The first kappa shape index (κ1) is 15.6. The third kappa shape index (κ3) is 2.12. The van der Waals surface area contributed by atoms with Crippen LogP contribution in [0.25, 0.3) is 21.7 Å². The van der Waals surface area contributed by atoms with Crippen molar-refractivity contribution in [2.24, 2.45) is 0 Å². The molecule has 0 spiro atoms. The number of fused-ring (bicyclic) bond motifs is 2. The monoisotopic (exact) mass is 333 g/mol. The van der Waals surface area contributed by atoms with Crippen molar-refractivity contribution >= 4 is 39.2 Å². The standard InChI is InChI=1S/C20H19N3O2/c1-12(24)21-11-20(2)18-17-14(13-7-4-5-9-15(13)22-18)8-6-10-16(17)23(3)19(20)25/h4-10H,11H2,1-3H3,(H,21,24). The van der Waals surface area contributed by atoms with E-state index in [-0.39, 0.29) is 18.4 Å². The van der Waals surface area contributed by atoms with Gasteiger partial charge in [0.05, 0.1) is 16.9 Å². The van der Waals surface area contributed by atoms with Gasteiger partial charge in [0.1, 0.15) is 5.41 Å². The van der Waals surface area contributed by atoms with Gasteiger partial charge in [-0.2, -0.15) is 0 Å². The van der Waals surface area contributed by atoms with Crippen LogP contribution < -0.4 is 10.2 Å². The molecule has 0 fully saturated rings.